The fraction of sp³-hybridized carbons (Fsp3) is 0.211. The van der Waals surface area contributed by atoms with Crippen molar-refractivity contribution in [3.63, 3.8) is 0 Å². The molecule has 0 aliphatic heterocycles. The second-order valence-electron chi connectivity index (χ2n) is 5.07. The first kappa shape index (κ1) is 19.1. The molecule has 5 heteroatoms. The largest absolute Gasteiger partial charge is 0.372 e. The van der Waals surface area contributed by atoms with Gasteiger partial charge in [-0.2, -0.15) is 0 Å². The predicted molar refractivity (Wildman–Crippen MR) is 106 cm³/mol. The molecule has 0 atom stereocenters. The van der Waals surface area contributed by atoms with Crippen LogP contribution in [-0.2, 0) is 0 Å². The number of fused-ring (bicyclic) bond motifs is 1. The van der Waals surface area contributed by atoms with E-state index in [1.165, 1.54) is 0 Å². The van der Waals surface area contributed by atoms with Gasteiger partial charge in [-0.05, 0) is 30.7 Å². The van der Waals surface area contributed by atoms with Gasteiger partial charge in [0.05, 0.1) is 16.9 Å². The molecule has 0 amide bonds. The van der Waals surface area contributed by atoms with Crippen molar-refractivity contribution >= 4 is 22.7 Å². The number of allylic oxidation sites excluding steroid dienone is 3. The summed E-state index contributed by atoms with van der Waals surface area (Å²) in [5.41, 5.74) is 3.85. The zero-order valence-electron chi connectivity index (χ0n) is 13.7. The Morgan fingerprint density at radius 3 is 2.67 bits per heavy atom. The standard InChI is InChI=1S/C18H23N5.CH4/c1-6-14(7-2)12-23(5)15-9-10-16-17(11-15)22-18(21-16)20-13(4)19-8-3;/h6-7,9-12,19H,1-2,4,8H2,3,5H3,(H2,20,21,22);1H4. The van der Waals surface area contributed by atoms with Crippen LogP contribution in [-0.4, -0.2) is 23.6 Å². The summed E-state index contributed by atoms with van der Waals surface area (Å²) < 4.78 is 0. The Hall–Kier alpha value is -2.95. The minimum absolute atomic E-state index is 0. The molecular weight excluding hydrogens is 298 g/mol. The molecule has 0 saturated heterocycles. The summed E-state index contributed by atoms with van der Waals surface area (Å²) in [5.74, 6) is 1.38. The highest BCUT2D eigenvalue weighted by atomic mass is 15.2. The lowest BCUT2D eigenvalue weighted by molar-refractivity contribution is 0.860. The van der Waals surface area contributed by atoms with Gasteiger partial charge in [0.15, 0.2) is 0 Å². The highest BCUT2D eigenvalue weighted by Crippen LogP contribution is 2.22. The van der Waals surface area contributed by atoms with Gasteiger partial charge in [0.1, 0.15) is 0 Å². The maximum absolute atomic E-state index is 4.49. The minimum atomic E-state index is 0. The van der Waals surface area contributed by atoms with E-state index in [4.69, 9.17) is 0 Å². The SMILES string of the molecule is C.C=CC(C=C)=CN(C)c1ccc2nc(NC(=C)NCC)[nH]c2c1. The highest BCUT2D eigenvalue weighted by molar-refractivity contribution is 5.82. The molecule has 0 radical (unpaired) electrons. The number of nitrogens with zero attached hydrogens (tertiary/aromatic N) is 2. The first-order valence-electron chi connectivity index (χ1n) is 7.46. The van der Waals surface area contributed by atoms with E-state index in [0.717, 1.165) is 28.8 Å². The van der Waals surface area contributed by atoms with Crippen molar-refractivity contribution in [3.8, 4) is 0 Å². The van der Waals surface area contributed by atoms with E-state index in [1.807, 2.05) is 43.3 Å². The summed E-state index contributed by atoms with van der Waals surface area (Å²) in [6.07, 6.45) is 5.52. The summed E-state index contributed by atoms with van der Waals surface area (Å²) in [4.78, 5) is 9.76. The second-order valence-corrected chi connectivity index (χ2v) is 5.07. The van der Waals surface area contributed by atoms with Crippen molar-refractivity contribution in [2.75, 3.05) is 23.8 Å². The van der Waals surface area contributed by atoms with Gasteiger partial charge in [-0.15, -0.1) is 0 Å². The number of aromatic nitrogens is 2. The lowest BCUT2D eigenvalue weighted by Gasteiger charge is -2.15. The van der Waals surface area contributed by atoms with E-state index >= 15 is 0 Å². The Morgan fingerprint density at radius 2 is 2.04 bits per heavy atom. The van der Waals surface area contributed by atoms with Crippen LogP contribution in [0.1, 0.15) is 14.4 Å². The number of rotatable bonds is 8. The Morgan fingerprint density at radius 1 is 1.33 bits per heavy atom. The van der Waals surface area contributed by atoms with E-state index in [2.05, 4.69) is 40.3 Å². The summed E-state index contributed by atoms with van der Waals surface area (Å²) in [5, 5.41) is 6.21. The maximum atomic E-state index is 4.49. The van der Waals surface area contributed by atoms with E-state index in [1.54, 1.807) is 12.2 Å². The maximum Gasteiger partial charge on any atom is 0.206 e. The molecule has 0 bridgehead atoms. The Balaban J connectivity index is 0.00000288. The molecule has 1 heterocycles. The van der Waals surface area contributed by atoms with Crippen molar-refractivity contribution in [1.29, 1.82) is 0 Å². The van der Waals surface area contributed by atoms with Crippen LogP contribution in [0.4, 0.5) is 11.6 Å². The van der Waals surface area contributed by atoms with Crippen LogP contribution in [0.15, 0.2) is 67.7 Å². The fourth-order valence-corrected chi connectivity index (χ4v) is 2.16. The summed E-state index contributed by atoms with van der Waals surface area (Å²) in [7, 11) is 1.98. The number of hydrogen-bond donors (Lipinski definition) is 3. The lowest BCUT2D eigenvalue weighted by atomic mass is 10.2. The van der Waals surface area contributed by atoms with Crippen molar-refractivity contribution in [2.45, 2.75) is 14.4 Å². The van der Waals surface area contributed by atoms with Crippen LogP contribution >= 0.6 is 0 Å². The van der Waals surface area contributed by atoms with Crippen molar-refractivity contribution in [3.05, 3.63) is 67.7 Å². The average Bonchev–Trinajstić information content (AvgIpc) is 2.93. The first-order valence-corrected chi connectivity index (χ1v) is 7.46. The molecular formula is C19H27N5. The van der Waals surface area contributed by atoms with Crippen molar-refractivity contribution in [2.24, 2.45) is 0 Å². The van der Waals surface area contributed by atoms with Gasteiger partial charge in [0.25, 0.3) is 0 Å². The molecule has 0 saturated carbocycles. The monoisotopic (exact) mass is 325 g/mol. The van der Waals surface area contributed by atoms with Crippen LogP contribution in [0.25, 0.3) is 11.0 Å². The first-order chi connectivity index (χ1) is 11.1. The van der Waals surface area contributed by atoms with Gasteiger partial charge in [-0.1, -0.05) is 39.3 Å². The Bertz CT molecular complexity index is 744. The molecule has 0 aliphatic rings. The van der Waals surface area contributed by atoms with Gasteiger partial charge in [0.2, 0.25) is 5.95 Å². The second kappa shape index (κ2) is 8.62. The molecule has 1 aromatic heterocycles. The van der Waals surface area contributed by atoms with Crippen molar-refractivity contribution in [1.82, 2.24) is 15.3 Å². The zero-order valence-corrected chi connectivity index (χ0v) is 13.7. The van der Waals surface area contributed by atoms with Crippen LogP contribution in [0, 0.1) is 0 Å². The van der Waals surface area contributed by atoms with Crippen molar-refractivity contribution < 1.29 is 0 Å². The molecule has 0 aliphatic carbocycles. The Kier molecular flexibility index (Phi) is 6.86. The molecule has 0 fully saturated rings. The number of anilines is 2. The quantitative estimate of drug-likeness (QED) is 0.630. The average molecular weight is 325 g/mol. The molecule has 0 unspecified atom stereocenters. The van der Waals surface area contributed by atoms with E-state index in [9.17, 15) is 0 Å². The topological polar surface area (TPSA) is 56.0 Å². The van der Waals surface area contributed by atoms with E-state index in [-0.39, 0.29) is 7.43 Å². The van der Waals surface area contributed by atoms with E-state index < -0.39 is 0 Å². The number of nitrogens with one attached hydrogen (secondary N) is 3. The molecule has 1 aromatic carbocycles. The third-order valence-electron chi connectivity index (χ3n) is 3.35. The predicted octanol–water partition coefficient (Wildman–Crippen LogP) is 4.38. The van der Waals surface area contributed by atoms with Gasteiger partial charge in [0, 0.05) is 25.5 Å². The zero-order chi connectivity index (χ0) is 16.8. The molecule has 5 nitrogen and oxygen atoms in total. The molecule has 2 rings (SSSR count). The number of hydrogen-bond acceptors (Lipinski definition) is 4. The summed E-state index contributed by atoms with van der Waals surface area (Å²) in [6, 6.07) is 6.05. The Labute approximate surface area is 144 Å². The van der Waals surface area contributed by atoms with Gasteiger partial charge in [-0.3, -0.25) is 0 Å². The van der Waals surface area contributed by atoms with Crippen LogP contribution in [0.5, 0.6) is 0 Å². The molecule has 0 spiro atoms. The minimum Gasteiger partial charge on any atom is -0.372 e. The number of H-pyrrole nitrogens is 1. The van der Waals surface area contributed by atoms with Gasteiger partial charge >= 0.3 is 0 Å². The normalized spacial score (nSPS) is 9.58. The number of imidazole rings is 1. The third-order valence-corrected chi connectivity index (χ3v) is 3.35. The molecule has 3 N–H and O–H groups in total. The highest BCUT2D eigenvalue weighted by Gasteiger charge is 2.06. The smallest absolute Gasteiger partial charge is 0.206 e. The molecule has 128 valence electrons. The molecule has 2 aromatic rings. The summed E-state index contributed by atoms with van der Waals surface area (Å²) >= 11 is 0. The van der Waals surface area contributed by atoms with E-state index in [0.29, 0.717) is 11.8 Å². The summed E-state index contributed by atoms with van der Waals surface area (Å²) in [6.45, 7) is 14.3. The fourth-order valence-electron chi connectivity index (χ4n) is 2.16. The number of benzene rings is 1. The van der Waals surface area contributed by atoms with Gasteiger partial charge in [-0.25, -0.2) is 4.98 Å². The number of aromatic amines is 1. The van der Waals surface area contributed by atoms with Crippen LogP contribution < -0.4 is 15.5 Å². The third kappa shape index (κ3) is 4.52. The van der Waals surface area contributed by atoms with Crippen LogP contribution in [0.2, 0.25) is 0 Å². The van der Waals surface area contributed by atoms with Gasteiger partial charge < -0.3 is 20.5 Å². The lowest BCUT2D eigenvalue weighted by Crippen LogP contribution is -2.18. The van der Waals surface area contributed by atoms with Crippen LogP contribution in [0.3, 0.4) is 0 Å². The molecule has 24 heavy (non-hydrogen) atoms.